The molecule has 0 bridgehead atoms. The molecule has 1 aliphatic rings. The first-order chi connectivity index (χ1) is 5.91. The quantitative estimate of drug-likeness (QED) is 0.646. The van der Waals surface area contributed by atoms with Crippen LogP contribution in [-0.2, 0) is 19.4 Å². The lowest BCUT2D eigenvalue weighted by atomic mass is 10.2. The summed E-state index contributed by atoms with van der Waals surface area (Å²) in [5, 5.41) is 0. The van der Waals surface area contributed by atoms with Crippen LogP contribution >= 0.6 is 0 Å². The second-order valence-corrected chi connectivity index (χ2v) is 5.73. The fourth-order valence-corrected chi connectivity index (χ4v) is 2.67. The van der Waals surface area contributed by atoms with E-state index in [1.165, 1.54) is 0 Å². The minimum absolute atomic E-state index is 0.0240. The van der Waals surface area contributed by atoms with E-state index in [1.807, 2.05) is 0 Å². The van der Waals surface area contributed by atoms with E-state index in [2.05, 4.69) is 0 Å². The molecule has 4 nitrogen and oxygen atoms in total. The summed E-state index contributed by atoms with van der Waals surface area (Å²) in [4.78, 5) is 11.2. The lowest BCUT2D eigenvalue weighted by Crippen LogP contribution is -2.40. The van der Waals surface area contributed by atoms with Gasteiger partial charge in [-0.15, -0.1) is 0 Å². The van der Waals surface area contributed by atoms with Crippen molar-refractivity contribution in [3.05, 3.63) is 0 Å². The molecule has 0 aromatic rings. The van der Waals surface area contributed by atoms with Gasteiger partial charge in [0.15, 0.2) is 15.6 Å². The number of hydrogen-bond acceptors (Lipinski definition) is 4. The molecule has 1 heterocycles. The Labute approximate surface area is 78.2 Å². The molecule has 0 aliphatic carbocycles. The molecule has 0 aromatic carbocycles. The summed E-state index contributed by atoms with van der Waals surface area (Å²) in [6.07, 6.45) is -0.749. The first-order valence-electron chi connectivity index (χ1n) is 4.29. The van der Waals surface area contributed by atoms with Crippen LogP contribution in [0, 0.1) is 0 Å². The van der Waals surface area contributed by atoms with Crippen LogP contribution in [0.25, 0.3) is 0 Å². The average Bonchev–Trinajstić information content (AvgIpc) is 1.95. The van der Waals surface area contributed by atoms with E-state index < -0.39 is 15.9 Å². The van der Waals surface area contributed by atoms with Gasteiger partial charge in [-0.1, -0.05) is 0 Å². The maximum absolute atomic E-state index is 11.2. The van der Waals surface area contributed by atoms with Gasteiger partial charge in [-0.25, -0.2) is 8.42 Å². The molecule has 0 spiro atoms. The van der Waals surface area contributed by atoms with E-state index in [4.69, 9.17) is 4.74 Å². The van der Waals surface area contributed by atoms with Crippen molar-refractivity contribution in [1.82, 2.24) is 0 Å². The summed E-state index contributed by atoms with van der Waals surface area (Å²) < 4.78 is 27.5. The molecular formula is C8H14O4S. The highest BCUT2D eigenvalue weighted by Gasteiger charge is 2.32. The van der Waals surface area contributed by atoms with E-state index in [1.54, 1.807) is 13.8 Å². The summed E-state index contributed by atoms with van der Waals surface area (Å²) in [5.41, 5.74) is 0. The summed E-state index contributed by atoms with van der Waals surface area (Å²) in [7, 11) is -3.06. The molecule has 0 radical (unpaired) electrons. The minimum atomic E-state index is -3.06. The molecule has 1 rings (SSSR count). The predicted molar refractivity (Wildman–Crippen MR) is 48.3 cm³/mol. The Balaban J connectivity index is 2.66. The van der Waals surface area contributed by atoms with Gasteiger partial charge in [0.25, 0.3) is 0 Å². The highest BCUT2D eigenvalue weighted by Crippen LogP contribution is 2.13. The number of sulfone groups is 1. The summed E-state index contributed by atoms with van der Waals surface area (Å²) >= 11 is 0. The van der Waals surface area contributed by atoms with Gasteiger partial charge < -0.3 is 4.74 Å². The molecule has 0 amide bonds. The van der Waals surface area contributed by atoms with Crippen molar-refractivity contribution in [2.75, 3.05) is 11.5 Å². The third-order valence-electron chi connectivity index (χ3n) is 1.86. The zero-order valence-corrected chi connectivity index (χ0v) is 8.63. The third-order valence-corrected chi connectivity index (χ3v) is 3.50. The molecule has 1 fully saturated rings. The number of carbonyl (C=O) groups is 1. The smallest absolute Gasteiger partial charge is 0.163 e. The van der Waals surface area contributed by atoms with Crippen LogP contribution in [0.5, 0.6) is 0 Å². The predicted octanol–water partition coefficient (Wildman–Crippen LogP) is 0.168. The van der Waals surface area contributed by atoms with Crippen LogP contribution in [0.15, 0.2) is 0 Å². The fourth-order valence-electron chi connectivity index (χ4n) is 1.27. The Morgan fingerprint density at radius 2 is 2.08 bits per heavy atom. The van der Waals surface area contributed by atoms with Crippen molar-refractivity contribution in [2.45, 2.75) is 32.5 Å². The molecule has 0 unspecified atom stereocenters. The van der Waals surface area contributed by atoms with Crippen molar-refractivity contribution in [2.24, 2.45) is 0 Å². The van der Waals surface area contributed by atoms with Gasteiger partial charge >= 0.3 is 0 Å². The summed E-state index contributed by atoms with van der Waals surface area (Å²) in [6, 6.07) is 0. The molecule has 76 valence electrons. The lowest BCUT2D eigenvalue weighted by molar-refractivity contribution is -0.131. The Morgan fingerprint density at radius 3 is 2.62 bits per heavy atom. The van der Waals surface area contributed by atoms with Gasteiger partial charge in [-0.3, -0.25) is 4.79 Å². The molecule has 5 heteroatoms. The van der Waals surface area contributed by atoms with Crippen LogP contribution in [-0.4, -0.2) is 37.9 Å². The van der Waals surface area contributed by atoms with Crippen molar-refractivity contribution >= 4 is 15.6 Å². The maximum atomic E-state index is 11.2. The molecule has 1 aliphatic heterocycles. The van der Waals surface area contributed by atoms with Crippen molar-refractivity contribution in [1.29, 1.82) is 0 Å². The van der Waals surface area contributed by atoms with Crippen LogP contribution in [0.4, 0.5) is 0 Å². The average molecular weight is 206 g/mol. The van der Waals surface area contributed by atoms with Crippen LogP contribution in [0.2, 0.25) is 0 Å². The Bertz CT molecular complexity index is 291. The van der Waals surface area contributed by atoms with Gasteiger partial charge in [0.2, 0.25) is 0 Å². The topological polar surface area (TPSA) is 60.4 Å². The maximum Gasteiger partial charge on any atom is 0.163 e. The Kier molecular flexibility index (Phi) is 3.08. The number of hydrogen-bond donors (Lipinski definition) is 0. The first-order valence-corrected chi connectivity index (χ1v) is 6.11. The number of rotatable bonds is 2. The normalized spacial score (nSPS) is 27.9. The third kappa shape index (κ3) is 3.08. The molecule has 0 saturated carbocycles. The van der Waals surface area contributed by atoms with E-state index in [-0.39, 0.29) is 29.8 Å². The largest absolute Gasteiger partial charge is 0.367 e. The van der Waals surface area contributed by atoms with Gasteiger partial charge in [-0.05, 0) is 13.8 Å². The zero-order chi connectivity index (χ0) is 10.1. The fraction of sp³-hybridized carbons (Fsp3) is 0.875. The van der Waals surface area contributed by atoms with Crippen LogP contribution in [0.1, 0.15) is 20.3 Å². The monoisotopic (exact) mass is 206 g/mol. The minimum Gasteiger partial charge on any atom is -0.367 e. The first kappa shape index (κ1) is 10.7. The van der Waals surface area contributed by atoms with E-state index in [9.17, 15) is 13.2 Å². The lowest BCUT2D eigenvalue weighted by Gasteiger charge is -2.22. The van der Waals surface area contributed by atoms with Gasteiger partial charge in [-0.2, -0.15) is 0 Å². The summed E-state index contributed by atoms with van der Waals surface area (Å²) in [6.45, 7) is 3.57. The number of ketones is 1. The second kappa shape index (κ2) is 3.75. The van der Waals surface area contributed by atoms with E-state index in [0.29, 0.717) is 0 Å². The van der Waals surface area contributed by atoms with Crippen molar-refractivity contribution in [3.63, 3.8) is 0 Å². The summed E-state index contributed by atoms with van der Waals surface area (Å²) in [5.74, 6) is -0.267. The van der Waals surface area contributed by atoms with Crippen molar-refractivity contribution in [3.8, 4) is 0 Å². The van der Waals surface area contributed by atoms with Gasteiger partial charge in [0.1, 0.15) is 6.10 Å². The van der Waals surface area contributed by atoms with Gasteiger partial charge in [0.05, 0.1) is 17.6 Å². The molecule has 1 atom stereocenters. The zero-order valence-electron chi connectivity index (χ0n) is 7.82. The number of Topliss-reactive ketones (excluding diaryl/α,β-unsaturated/α-hetero) is 1. The standard InChI is InChI=1S/C8H14O4S/c1-6(2)12-8-5-13(10,11)4-3-7(8)9/h6,8H,3-5H2,1-2H3/t8-/m0/s1. The second-order valence-electron chi connectivity index (χ2n) is 3.50. The Morgan fingerprint density at radius 1 is 1.46 bits per heavy atom. The SMILES string of the molecule is CC(C)O[C@H]1CS(=O)(=O)CCC1=O. The van der Waals surface area contributed by atoms with Crippen LogP contribution in [0.3, 0.4) is 0 Å². The molecule has 0 N–H and O–H groups in total. The number of ether oxygens (including phenoxy) is 1. The number of carbonyl (C=O) groups excluding carboxylic acids is 1. The van der Waals surface area contributed by atoms with Crippen LogP contribution < -0.4 is 0 Å². The van der Waals surface area contributed by atoms with Crippen molar-refractivity contribution < 1.29 is 17.9 Å². The highest BCUT2D eigenvalue weighted by molar-refractivity contribution is 7.91. The molecular weight excluding hydrogens is 192 g/mol. The van der Waals surface area contributed by atoms with E-state index >= 15 is 0 Å². The molecule has 1 saturated heterocycles. The van der Waals surface area contributed by atoms with Gasteiger partial charge in [0, 0.05) is 6.42 Å². The molecule has 0 aromatic heterocycles. The Hall–Kier alpha value is -0.420. The molecule has 13 heavy (non-hydrogen) atoms. The van der Waals surface area contributed by atoms with E-state index in [0.717, 1.165) is 0 Å². The highest BCUT2D eigenvalue weighted by atomic mass is 32.2.